The van der Waals surface area contributed by atoms with Gasteiger partial charge in [0.05, 0.1) is 13.7 Å². The lowest BCUT2D eigenvalue weighted by Crippen LogP contribution is -2.28. The van der Waals surface area contributed by atoms with E-state index in [-0.39, 0.29) is 0 Å². The van der Waals surface area contributed by atoms with Gasteiger partial charge in [0.15, 0.2) is 0 Å². The number of nitrogens with one attached hydrogen (secondary N) is 1. The van der Waals surface area contributed by atoms with Gasteiger partial charge in [0.2, 0.25) is 0 Å². The highest BCUT2D eigenvalue weighted by molar-refractivity contribution is 5.39. The molecular weight excluding hydrogens is 230 g/mol. The van der Waals surface area contributed by atoms with Gasteiger partial charge in [-0.25, -0.2) is 0 Å². The zero-order valence-electron chi connectivity index (χ0n) is 10.8. The molecule has 1 heterocycles. The maximum Gasteiger partial charge on any atom is 0.120 e. The quantitative estimate of drug-likeness (QED) is 0.839. The summed E-state index contributed by atoms with van der Waals surface area (Å²) in [7, 11) is 1.63. The lowest BCUT2D eigenvalue weighted by Gasteiger charge is -2.22. The average Bonchev–Trinajstić information content (AvgIpc) is 2.42. The Labute approximate surface area is 108 Å². The first-order valence-corrected chi connectivity index (χ1v) is 6.44. The van der Waals surface area contributed by atoms with E-state index in [1.165, 1.54) is 6.42 Å². The number of phenols is 1. The molecule has 100 valence electrons. The van der Waals surface area contributed by atoms with Gasteiger partial charge in [0.1, 0.15) is 11.5 Å². The van der Waals surface area contributed by atoms with Gasteiger partial charge in [0.25, 0.3) is 0 Å². The van der Waals surface area contributed by atoms with Gasteiger partial charge in [-0.15, -0.1) is 0 Å². The highest BCUT2D eigenvalue weighted by Crippen LogP contribution is 2.22. The number of methoxy groups -OCH3 is 1. The number of benzene rings is 1. The zero-order valence-corrected chi connectivity index (χ0v) is 10.8. The van der Waals surface area contributed by atoms with E-state index in [9.17, 15) is 5.11 Å². The normalized spacial score (nSPS) is 19.7. The zero-order chi connectivity index (χ0) is 12.8. The van der Waals surface area contributed by atoms with Crippen molar-refractivity contribution in [3.05, 3.63) is 23.8 Å². The summed E-state index contributed by atoms with van der Waals surface area (Å²) < 4.78 is 10.6. The third kappa shape index (κ3) is 3.62. The lowest BCUT2D eigenvalue weighted by molar-refractivity contribution is 0.0547. The van der Waals surface area contributed by atoms with Crippen molar-refractivity contribution in [2.24, 2.45) is 5.92 Å². The Hall–Kier alpha value is -1.26. The van der Waals surface area contributed by atoms with Crippen LogP contribution in [-0.2, 0) is 11.3 Å². The Kier molecular flexibility index (Phi) is 4.84. The number of hydrogen-bond donors (Lipinski definition) is 2. The van der Waals surface area contributed by atoms with Crippen molar-refractivity contribution in [1.29, 1.82) is 0 Å². The molecule has 4 nitrogen and oxygen atoms in total. The Morgan fingerprint density at radius 3 is 3.11 bits per heavy atom. The number of aromatic hydroxyl groups is 1. The second-order valence-electron chi connectivity index (χ2n) is 4.71. The molecule has 0 saturated carbocycles. The molecule has 0 radical (unpaired) electrons. The van der Waals surface area contributed by atoms with Gasteiger partial charge in [-0.05, 0) is 37.0 Å². The largest absolute Gasteiger partial charge is 0.508 e. The molecule has 2 N–H and O–H groups in total. The maximum atomic E-state index is 9.75. The van der Waals surface area contributed by atoms with Gasteiger partial charge in [-0.1, -0.05) is 0 Å². The van der Waals surface area contributed by atoms with E-state index in [1.807, 2.05) is 6.07 Å². The first-order valence-electron chi connectivity index (χ1n) is 6.44. The third-order valence-corrected chi connectivity index (χ3v) is 3.29. The molecule has 0 spiro atoms. The molecule has 1 aliphatic rings. The summed E-state index contributed by atoms with van der Waals surface area (Å²) in [4.78, 5) is 0. The predicted molar refractivity (Wildman–Crippen MR) is 69.9 cm³/mol. The van der Waals surface area contributed by atoms with Crippen LogP contribution in [0.5, 0.6) is 11.5 Å². The molecule has 1 atom stereocenters. The minimum Gasteiger partial charge on any atom is -0.508 e. The fraction of sp³-hybridized carbons (Fsp3) is 0.571. The first-order chi connectivity index (χ1) is 8.79. The van der Waals surface area contributed by atoms with E-state index in [2.05, 4.69) is 5.32 Å². The summed E-state index contributed by atoms with van der Waals surface area (Å²) >= 11 is 0. The minimum atomic E-state index is 0.309. The van der Waals surface area contributed by atoms with Crippen molar-refractivity contribution in [2.75, 3.05) is 26.9 Å². The van der Waals surface area contributed by atoms with Crippen molar-refractivity contribution < 1.29 is 14.6 Å². The maximum absolute atomic E-state index is 9.75. The Balaban J connectivity index is 1.81. The standard InChI is InChI=1S/C14H21NO3/c1-17-13-4-5-14(16)12(7-13)9-15-8-11-3-2-6-18-10-11/h4-5,7,11,15-16H,2-3,6,8-10H2,1H3. The van der Waals surface area contributed by atoms with Crippen molar-refractivity contribution in [2.45, 2.75) is 19.4 Å². The average molecular weight is 251 g/mol. The van der Waals surface area contributed by atoms with Gasteiger partial charge in [0, 0.05) is 25.3 Å². The molecule has 1 aromatic rings. The molecule has 0 amide bonds. The molecule has 1 unspecified atom stereocenters. The molecule has 2 rings (SSSR count). The molecule has 1 saturated heterocycles. The summed E-state index contributed by atoms with van der Waals surface area (Å²) in [5, 5.41) is 13.1. The van der Waals surface area contributed by atoms with Crippen LogP contribution in [0.4, 0.5) is 0 Å². The third-order valence-electron chi connectivity index (χ3n) is 3.29. The summed E-state index contributed by atoms with van der Waals surface area (Å²) in [5.74, 6) is 1.67. The van der Waals surface area contributed by atoms with Gasteiger partial charge in [-0.2, -0.15) is 0 Å². The number of hydrogen-bond acceptors (Lipinski definition) is 4. The summed E-state index contributed by atoms with van der Waals surface area (Å²) in [5.41, 5.74) is 0.867. The van der Waals surface area contributed by atoms with Crippen LogP contribution < -0.4 is 10.1 Å². The molecule has 0 bridgehead atoms. The van der Waals surface area contributed by atoms with Gasteiger partial charge < -0.3 is 19.9 Å². The summed E-state index contributed by atoms with van der Waals surface area (Å²) in [6, 6.07) is 5.28. The SMILES string of the molecule is COc1ccc(O)c(CNCC2CCCOC2)c1. The van der Waals surface area contributed by atoms with E-state index in [4.69, 9.17) is 9.47 Å². The van der Waals surface area contributed by atoms with Gasteiger partial charge >= 0.3 is 0 Å². The fourth-order valence-electron chi connectivity index (χ4n) is 2.21. The molecule has 0 aliphatic carbocycles. The van der Waals surface area contributed by atoms with Crippen LogP contribution in [0.15, 0.2) is 18.2 Å². The van der Waals surface area contributed by atoms with Crippen LogP contribution in [0.1, 0.15) is 18.4 Å². The van der Waals surface area contributed by atoms with Crippen LogP contribution in [0.3, 0.4) is 0 Å². The van der Waals surface area contributed by atoms with E-state index in [0.717, 1.165) is 37.5 Å². The number of phenolic OH excluding ortho intramolecular Hbond substituents is 1. The van der Waals surface area contributed by atoms with Crippen LogP contribution in [-0.4, -0.2) is 32.0 Å². The van der Waals surface area contributed by atoms with Crippen molar-refractivity contribution in [3.63, 3.8) is 0 Å². The topological polar surface area (TPSA) is 50.7 Å². The van der Waals surface area contributed by atoms with Gasteiger partial charge in [-0.3, -0.25) is 0 Å². The van der Waals surface area contributed by atoms with Crippen molar-refractivity contribution in [1.82, 2.24) is 5.32 Å². The molecular formula is C14H21NO3. The van der Waals surface area contributed by atoms with Crippen LogP contribution in [0.2, 0.25) is 0 Å². The molecule has 0 aromatic heterocycles. The van der Waals surface area contributed by atoms with Crippen molar-refractivity contribution >= 4 is 0 Å². The second-order valence-corrected chi connectivity index (χ2v) is 4.71. The fourth-order valence-corrected chi connectivity index (χ4v) is 2.21. The lowest BCUT2D eigenvalue weighted by atomic mass is 10.0. The number of ether oxygens (including phenoxy) is 2. The number of rotatable bonds is 5. The molecule has 1 aliphatic heterocycles. The molecule has 1 aromatic carbocycles. The Morgan fingerprint density at radius 2 is 2.39 bits per heavy atom. The molecule has 1 fully saturated rings. The van der Waals surface area contributed by atoms with E-state index >= 15 is 0 Å². The monoisotopic (exact) mass is 251 g/mol. The highest BCUT2D eigenvalue weighted by Gasteiger charge is 2.13. The molecule has 18 heavy (non-hydrogen) atoms. The smallest absolute Gasteiger partial charge is 0.120 e. The minimum absolute atomic E-state index is 0.309. The van der Waals surface area contributed by atoms with E-state index in [1.54, 1.807) is 19.2 Å². The summed E-state index contributed by atoms with van der Waals surface area (Å²) in [6.07, 6.45) is 2.37. The second kappa shape index (κ2) is 6.61. The van der Waals surface area contributed by atoms with Crippen LogP contribution >= 0.6 is 0 Å². The Morgan fingerprint density at radius 1 is 1.50 bits per heavy atom. The van der Waals surface area contributed by atoms with Crippen molar-refractivity contribution in [3.8, 4) is 11.5 Å². The summed E-state index contributed by atoms with van der Waals surface area (Å²) in [6.45, 7) is 3.32. The van der Waals surface area contributed by atoms with E-state index < -0.39 is 0 Å². The Bertz CT molecular complexity index is 375. The van der Waals surface area contributed by atoms with Crippen LogP contribution in [0.25, 0.3) is 0 Å². The van der Waals surface area contributed by atoms with E-state index in [0.29, 0.717) is 18.2 Å². The predicted octanol–water partition coefficient (Wildman–Crippen LogP) is 1.92. The first kappa shape index (κ1) is 13.2. The van der Waals surface area contributed by atoms with Crippen LogP contribution in [0, 0.1) is 5.92 Å². The highest BCUT2D eigenvalue weighted by atomic mass is 16.5. The molecule has 4 heteroatoms.